The van der Waals surface area contributed by atoms with Crippen molar-refractivity contribution < 1.29 is 19.1 Å². The van der Waals surface area contributed by atoms with E-state index in [1.54, 1.807) is 29.9 Å². The van der Waals surface area contributed by atoms with Gasteiger partial charge in [-0.05, 0) is 29.8 Å². The molecule has 2 N–H and O–H groups in total. The number of halogens is 2. The summed E-state index contributed by atoms with van der Waals surface area (Å²) >= 11 is 5.62. The molecule has 2 aromatic rings. The third-order valence-corrected chi connectivity index (χ3v) is 3.51. The van der Waals surface area contributed by atoms with Crippen LogP contribution in [0.3, 0.4) is 0 Å². The second-order valence-electron chi connectivity index (χ2n) is 4.80. The molecule has 7 heteroatoms. The Kier molecular flexibility index (Phi) is 4.82. The molecule has 1 atom stereocenters. The van der Waals surface area contributed by atoms with Crippen molar-refractivity contribution in [3.63, 3.8) is 0 Å². The lowest BCUT2D eigenvalue weighted by Gasteiger charge is -2.18. The van der Waals surface area contributed by atoms with Crippen molar-refractivity contribution in [2.75, 3.05) is 0 Å². The number of hydrogen-bond acceptors (Lipinski definition) is 2. The van der Waals surface area contributed by atoms with Gasteiger partial charge < -0.3 is 15.0 Å². The molecule has 1 amide bonds. The number of aliphatic carboxylic acids is 1. The van der Waals surface area contributed by atoms with Gasteiger partial charge in [-0.15, -0.1) is 0 Å². The van der Waals surface area contributed by atoms with Crippen LogP contribution in [0.5, 0.6) is 0 Å². The van der Waals surface area contributed by atoms with E-state index in [2.05, 4.69) is 5.32 Å². The van der Waals surface area contributed by atoms with Crippen LogP contribution in [0.25, 0.3) is 0 Å². The number of amides is 1. The van der Waals surface area contributed by atoms with Crippen LogP contribution in [0.15, 0.2) is 36.5 Å². The average molecular weight is 325 g/mol. The lowest BCUT2D eigenvalue weighted by atomic mass is 10.0. The van der Waals surface area contributed by atoms with Crippen molar-refractivity contribution in [3.05, 3.63) is 58.6 Å². The first-order valence-corrected chi connectivity index (χ1v) is 6.85. The Hall–Kier alpha value is -2.34. The van der Waals surface area contributed by atoms with Gasteiger partial charge in [0, 0.05) is 13.2 Å². The molecule has 0 aliphatic rings. The molecule has 0 saturated heterocycles. The Morgan fingerprint density at radius 1 is 1.41 bits per heavy atom. The monoisotopic (exact) mass is 324 g/mol. The first-order chi connectivity index (χ1) is 10.4. The Labute approximate surface area is 131 Å². The highest BCUT2D eigenvalue weighted by molar-refractivity contribution is 6.30. The molecule has 0 saturated carbocycles. The van der Waals surface area contributed by atoms with Crippen LogP contribution in [0, 0.1) is 5.82 Å². The first-order valence-electron chi connectivity index (χ1n) is 6.47. The molecule has 1 aromatic heterocycles. The number of carboxylic acid groups (broad SMARTS) is 1. The van der Waals surface area contributed by atoms with E-state index in [0.717, 1.165) is 6.07 Å². The first kappa shape index (κ1) is 16.0. The van der Waals surface area contributed by atoms with Crippen molar-refractivity contribution in [1.82, 2.24) is 9.88 Å². The number of aryl methyl sites for hydroxylation is 1. The fourth-order valence-electron chi connectivity index (χ4n) is 2.09. The minimum Gasteiger partial charge on any atom is -0.481 e. The van der Waals surface area contributed by atoms with E-state index >= 15 is 0 Å². The molecule has 5 nitrogen and oxygen atoms in total. The van der Waals surface area contributed by atoms with E-state index in [0.29, 0.717) is 11.3 Å². The Morgan fingerprint density at radius 2 is 2.14 bits per heavy atom. The molecular weight excluding hydrogens is 311 g/mol. The molecule has 1 heterocycles. The second kappa shape index (κ2) is 6.62. The van der Waals surface area contributed by atoms with E-state index in [1.807, 2.05) is 0 Å². The topological polar surface area (TPSA) is 71.3 Å². The van der Waals surface area contributed by atoms with E-state index in [9.17, 15) is 14.0 Å². The fourth-order valence-corrected chi connectivity index (χ4v) is 2.20. The predicted octanol–water partition coefficient (Wildman–Crippen LogP) is 2.76. The number of carbonyl (C=O) groups excluding carboxylic acids is 1. The summed E-state index contributed by atoms with van der Waals surface area (Å²) in [5.74, 6) is -2.20. The van der Waals surface area contributed by atoms with Crippen LogP contribution in [-0.4, -0.2) is 21.6 Å². The largest absolute Gasteiger partial charge is 0.481 e. The second-order valence-corrected chi connectivity index (χ2v) is 5.21. The summed E-state index contributed by atoms with van der Waals surface area (Å²) in [5, 5.41) is 11.5. The van der Waals surface area contributed by atoms with Gasteiger partial charge in [0.25, 0.3) is 5.91 Å². The van der Waals surface area contributed by atoms with Gasteiger partial charge in [-0.2, -0.15) is 0 Å². The highest BCUT2D eigenvalue weighted by atomic mass is 35.5. The number of hydrogen-bond donors (Lipinski definition) is 2. The Balaban J connectivity index is 2.26. The molecule has 0 unspecified atom stereocenters. The Morgan fingerprint density at radius 3 is 2.68 bits per heavy atom. The van der Waals surface area contributed by atoms with E-state index < -0.39 is 23.7 Å². The molecule has 0 spiro atoms. The number of aromatic nitrogens is 1. The number of carboxylic acids is 1. The number of nitrogens with one attached hydrogen (secondary N) is 1. The highest BCUT2D eigenvalue weighted by Crippen LogP contribution is 2.23. The molecule has 0 bridgehead atoms. The molecule has 0 fully saturated rings. The maximum atomic E-state index is 13.6. The standard InChI is InChI=1S/C15H14ClFN2O3/c1-19-6-2-3-13(19)15(22)18-12(8-14(20)21)9-4-5-10(16)11(17)7-9/h2-7,12H,8H2,1H3,(H,18,22)(H,20,21)/t12-/m1/s1. The van der Waals surface area contributed by atoms with Gasteiger partial charge in [-0.1, -0.05) is 17.7 Å². The molecule has 116 valence electrons. The van der Waals surface area contributed by atoms with Gasteiger partial charge >= 0.3 is 5.97 Å². The van der Waals surface area contributed by atoms with E-state index in [1.165, 1.54) is 12.1 Å². The molecule has 0 aliphatic carbocycles. The van der Waals surface area contributed by atoms with Crippen LogP contribution >= 0.6 is 11.6 Å². The maximum absolute atomic E-state index is 13.6. The maximum Gasteiger partial charge on any atom is 0.305 e. The number of nitrogens with zero attached hydrogens (tertiary/aromatic N) is 1. The molecule has 0 radical (unpaired) electrons. The summed E-state index contributed by atoms with van der Waals surface area (Å²) in [5.41, 5.74) is 0.719. The number of rotatable bonds is 5. The third-order valence-electron chi connectivity index (χ3n) is 3.21. The predicted molar refractivity (Wildman–Crippen MR) is 79.3 cm³/mol. The van der Waals surface area contributed by atoms with Crippen molar-refractivity contribution in [2.24, 2.45) is 7.05 Å². The van der Waals surface area contributed by atoms with Crippen LogP contribution in [-0.2, 0) is 11.8 Å². The van der Waals surface area contributed by atoms with Crippen molar-refractivity contribution in [1.29, 1.82) is 0 Å². The zero-order valence-electron chi connectivity index (χ0n) is 11.7. The average Bonchev–Trinajstić information content (AvgIpc) is 2.87. The summed E-state index contributed by atoms with van der Waals surface area (Å²) in [7, 11) is 1.70. The normalized spacial score (nSPS) is 12.0. The lowest BCUT2D eigenvalue weighted by molar-refractivity contribution is -0.137. The molecule has 0 aliphatic heterocycles. The molecule has 22 heavy (non-hydrogen) atoms. The molecule has 1 aromatic carbocycles. The van der Waals surface area contributed by atoms with E-state index in [-0.39, 0.29) is 11.4 Å². The smallest absolute Gasteiger partial charge is 0.305 e. The summed E-state index contributed by atoms with van der Waals surface area (Å²) < 4.78 is 15.2. The summed E-state index contributed by atoms with van der Waals surface area (Å²) in [4.78, 5) is 23.2. The van der Waals surface area contributed by atoms with Gasteiger partial charge in [-0.25, -0.2) is 4.39 Å². The van der Waals surface area contributed by atoms with Gasteiger partial charge in [0.2, 0.25) is 0 Å². The minimum atomic E-state index is -1.10. The zero-order chi connectivity index (χ0) is 16.3. The van der Waals surface area contributed by atoms with Crippen molar-refractivity contribution in [3.8, 4) is 0 Å². The van der Waals surface area contributed by atoms with Gasteiger partial charge in [0.1, 0.15) is 11.5 Å². The van der Waals surface area contributed by atoms with Crippen LogP contribution in [0.2, 0.25) is 5.02 Å². The highest BCUT2D eigenvalue weighted by Gasteiger charge is 2.21. The molecule has 2 rings (SSSR count). The van der Waals surface area contributed by atoms with Crippen LogP contribution in [0.1, 0.15) is 28.5 Å². The SMILES string of the molecule is Cn1cccc1C(=O)N[C@H](CC(=O)O)c1ccc(Cl)c(F)c1. The quantitative estimate of drug-likeness (QED) is 0.888. The molecular formula is C15H14ClFN2O3. The Bertz CT molecular complexity index is 715. The van der Waals surface area contributed by atoms with Crippen molar-refractivity contribution >= 4 is 23.5 Å². The number of benzene rings is 1. The van der Waals surface area contributed by atoms with Crippen molar-refractivity contribution in [2.45, 2.75) is 12.5 Å². The lowest BCUT2D eigenvalue weighted by Crippen LogP contribution is -2.31. The summed E-state index contributed by atoms with van der Waals surface area (Å²) in [6.07, 6.45) is 1.33. The third kappa shape index (κ3) is 3.65. The van der Waals surface area contributed by atoms with Gasteiger partial charge in [0.15, 0.2) is 0 Å². The zero-order valence-corrected chi connectivity index (χ0v) is 12.5. The van der Waals surface area contributed by atoms with Gasteiger partial charge in [-0.3, -0.25) is 9.59 Å². The van der Waals surface area contributed by atoms with E-state index in [4.69, 9.17) is 16.7 Å². The van der Waals surface area contributed by atoms with Crippen LogP contribution in [0.4, 0.5) is 4.39 Å². The summed E-state index contributed by atoms with van der Waals surface area (Å²) in [6, 6.07) is 6.39. The van der Waals surface area contributed by atoms with Gasteiger partial charge in [0.05, 0.1) is 17.5 Å². The van der Waals surface area contributed by atoms with Crippen LogP contribution < -0.4 is 5.32 Å². The minimum absolute atomic E-state index is 0.0633. The number of carbonyl (C=O) groups is 2. The fraction of sp³-hybridized carbons (Fsp3) is 0.200. The summed E-state index contributed by atoms with van der Waals surface area (Å²) in [6.45, 7) is 0.